The van der Waals surface area contributed by atoms with Gasteiger partial charge in [0.1, 0.15) is 0 Å². The highest BCUT2D eigenvalue weighted by molar-refractivity contribution is 14.0. The molecule has 1 aromatic rings. The predicted octanol–water partition coefficient (Wildman–Crippen LogP) is 4.10. The Morgan fingerprint density at radius 3 is 2.56 bits per heavy atom. The van der Waals surface area contributed by atoms with Crippen LogP contribution in [0.25, 0.3) is 0 Å². The molecule has 0 spiro atoms. The van der Waals surface area contributed by atoms with Crippen molar-refractivity contribution in [3.63, 3.8) is 0 Å². The molecular formula is C21H36IN3O2. The van der Waals surface area contributed by atoms with Gasteiger partial charge in [0.2, 0.25) is 0 Å². The Morgan fingerprint density at radius 1 is 1.19 bits per heavy atom. The van der Waals surface area contributed by atoms with Crippen molar-refractivity contribution in [2.45, 2.75) is 58.8 Å². The molecule has 0 aromatic heterocycles. The minimum atomic E-state index is 0. The molecular weight excluding hydrogens is 453 g/mol. The van der Waals surface area contributed by atoms with E-state index < -0.39 is 0 Å². The lowest BCUT2D eigenvalue weighted by Gasteiger charge is -2.22. The van der Waals surface area contributed by atoms with Crippen LogP contribution in [0.3, 0.4) is 0 Å². The van der Waals surface area contributed by atoms with Gasteiger partial charge in [0.25, 0.3) is 0 Å². The first-order valence-corrected chi connectivity index (χ1v) is 9.96. The van der Waals surface area contributed by atoms with Crippen LogP contribution in [0.15, 0.2) is 29.3 Å². The summed E-state index contributed by atoms with van der Waals surface area (Å²) >= 11 is 0. The summed E-state index contributed by atoms with van der Waals surface area (Å²) in [6, 6.07) is 8.57. The van der Waals surface area contributed by atoms with Crippen LogP contribution in [0.4, 0.5) is 0 Å². The molecule has 27 heavy (non-hydrogen) atoms. The zero-order valence-corrected chi connectivity index (χ0v) is 19.3. The van der Waals surface area contributed by atoms with E-state index in [1.807, 2.05) is 7.05 Å². The minimum Gasteiger partial charge on any atom is -0.381 e. The zero-order chi connectivity index (χ0) is 18.6. The third-order valence-electron chi connectivity index (χ3n) is 5.04. The molecule has 0 amide bonds. The molecule has 2 rings (SSSR count). The summed E-state index contributed by atoms with van der Waals surface area (Å²) in [5.74, 6) is 1.56. The predicted molar refractivity (Wildman–Crippen MR) is 123 cm³/mol. The van der Waals surface area contributed by atoms with E-state index in [1.165, 1.54) is 24.0 Å². The smallest absolute Gasteiger partial charge is 0.191 e. The van der Waals surface area contributed by atoms with Crippen LogP contribution in [0.1, 0.15) is 50.7 Å². The fourth-order valence-electron chi connectivity index (χ4n) is 3.11. The van der Waals surface area contributed by atoms with Crippen LogP contribution < -0.4 is 10.6 Å². The van der Waals surface area contributed by atoms with Crippen molar-refractivity contribution in [1.29, 1.82) is 0 Å². The van der Waals surface area contributed by atoms with Crippen molar-refractivity contribution in [2.75, 3.05) is 26.8 Å². The Kier molecular flexibility index (Phi) is 12.7. The fraction of sp³-hybridized carbons (Fsp3) is 0.667. The second-order valence-electron chi connectivity index (χ2n) is 6.93. The molecule has 0 atom stereocenters. The number of halogens is 1. The molecule has 1 aliphatic rings. The van der Waals surface area contributed by atoms with Crippen molar-refractivity contribution in [2.24, 2.45) is 10.9 Å². The van der Waals surface area contributed by atoms with Crippen LogP contribution in [0.2, 0.25) is 0 Å². The molecule has 0 bridgehead atoms. The Labute approximate surface area is 181 Å². The third kappa shape index (κ3) is 9.25. The SMILES string of the molecule is CCC(CC)CNC(=NC)NCc1cccc(COC2CCOCC2)c1.I. The number of hydrogen-bond acceptors (Lipinski definition) is 3. The first-order valence-electron chi connectivity index (χ1n) is 9.96. The molecule has 1 aromatic carbocycles. The first kappa shape index (κ1) is 24.2. The third-order valence-corrected chi connectivity index (χ3v) is 5.04. The van der Waals surface area contributed by atoms with Gasteiger partial charge in [-0.3, -0.25) is 4.99 Å². The molecule has 0 unspecified atom stereocenters. The number of hydrogen-bond donors (Lipinski definition) is 2. The number of guanidine groups is 1. The second kappa shape index (κ2) is 14.2. The largest absolute Gasteiger partial charge is 0.381 e. The van der Waals surface area contributed by atoms with Gasteiger partial charge in [0.15, 0.2) is 5.96 Å². The Balaban J connectivity index is 0.00000364. The van der Waals surface area contributed by atoms with E-state index in [0.29, 0.717) is 18.6 Å². The van der Waals surface area contributed by atoms with E-state index in [0.717, 1.165) is 45.1 Å². The van der Waals surface area contributed by atoms with Gasteiger partial charge in [-0.05, 0) is 29.9 Å². The highest BCUT2D eigenvalue weighted by Crippen LogP contribution is 2.14. The fourth-order valence-corrected chi connectivity index (χ4v) is 3.11. The van der Waals surface area contributed by atoms with Crippen LogP contribution in [0.5, 0.6) is 0 Å². The van der Waals surface area contributed by atoms with Gasteiger partial charge in [-0.1, -0.05) is 51.0 Å². The zero-order valence-electron chi connectivity index (χ0n) is 17.0. The summed E-state index contributed by atoms with van der Waals surface area (Å²) < 4.78 is 11.4. The molecule has 1 saturated heterocycles. The van der Waals surface area contributed by atoms with Gasteiger partial charge in [-0.15, -0.1) is 24.0 Å². The van der Waals surface area contributed by atoms with E-state index in [2.05, 4.69) is 53.7 Å². The van der Waals surface area contributed by atoms with E-state index in [1.54, 1.807) is 0 Å². The van der Waals surface area contributed by atoms with Crippen molar-refractivity contribution in [1.82, 2.24) is 10.6 Å². The van der Waals surface area contributed by atoms with Crippen LogP contribution in [-0.2, 0) is 22.6 Å². The quantitative estimate of drug-likeness (QED) is 0.312. The molecule has 2 N–H and O–H groups in total. The summed E-state index contributed by atoms with van der Waals surface area (Å²) in [6.45, 7) is 8.49. The molecule has 1 heterocycles. The normalized spacial score (nSPS) is 15.5. The van der Waals surface area contributed by atoms with Gasteiger partial charge in [0, 0.05) is 33.4 Å². The number of aliphatic imine (C=N–C) groups is 1. The Morgan fingerprint density at radius 2 is 1.89 bits per heavy atom. The molecule has 1 fully saturated rings. The van der Waals surface area contributed by atoms with Crippen molar-refractivity contribution >= 4 is 29.9 Å². The lowest BCUT2D eigenvalue weighted by atomic mass is 10.0. The topological polar surface area (TPSA) is 54.9 Å². The number of nitrogens with zero attached hydrogens (tertiary/aromatic N) is 1. The van der Waals surface area contributed by atoms with Crippen LogP contribution in [0, 0.1) is 5.92 Å². The molecule has 154 valence electrons. The van der Waals surface area contributed by atoms with Crippen LogP contribution >= 0.6 is 24.0 Å². The minimum absolute atomic E-state index is 0. The number of benzene rings is 1. The summed E-state index contributed by atoms with van der Waals surface area (Å²) in [5.41, 5.74) is 2.46. The number of rotatable bonds is 9. The molecule has 1 aliphatic heterocycles. The molecule has 6 heteroatoms. The van der Waals surface area contributed by atoms with Crippen LogP contribution in [-0.4, -0.2) is 38.9 Å². The number of nitrogens with one attached hydrogen (secondary N) is 2. The summed E-state index contributed by atoms with van der Waals surface area (Å²) in [6.07, 6.45) is 4.71. The molecule has 5 nitrogen and oxygen atoms in total. The highest BCUT2D eigenvalue weighted by atomic mass is 127. The van der Waals surface area contributed by atoms with Gasteiger partial charge in [-0.25, -0.2) is 0 Å². The summed E-state index contributed by atoms with van der Waals surface area (Å²) in [5, 5.41) is 6.83. The van der Waals surface area contributed by atoms with E-state index in [9.17, 15) is 0 Å². The Bertz CT molecular complexity index is 544. The lowest BCUT2D eigenvalue weighted by Crippen LogP contribution is -2.39. The average molecular weight is 489 g/mol. The monoisotopic (exact) mass is 489 g/mol. The van der Waals surface area contributed by atoms with Gasteiger partial charge < -0.3 is 20.1 Å². The van der Waals surface area contributed by atoms with Crippen molar-refractivity contribution in [3.8, 4) is 0 Å². The first-order chi connectivity index (χ1) is 12.7. The van der Waals surface area contributed by atoms with E-state index in [4.69, 9.17) is 9.47 Å². The summed E-state index contributed by atoms with van der Waals surface area (Å²) in [4.78, 5) is 4.32. The molecule has 0 aliphatic carbocycles. The average Bonchev–Trinajstić information content (AvgIpc) is 2.70. The standard InChI is InChI=1S/C21H35N3O2.HI/c1-4-17(5-2)14-23-21(22-3)24-15-18-7-6-8-19(13-18)16-26-20-9-11-25-12-10-20;/h6-8,13,17,20H,4-5,9-12,14-16H2,1-3H3,(H2,22,23,24);1H. The second-order valence-corrected chi connectivity index (χ2v) is 6.93. The highest BCUT2D eigenvalue weighted by Gasteiger charge is 2.14. The maximum atomic E-state index is 6.02. The Hall–Kier alpha value is -0.860. The van der Waals surface area contributed by atoms with E-state index >= 15 is 0 Å². The van der Waals surface area contributed by atoms with Gasteiger partial charge >= 0.3 is 0 Å². The van der Waals surface area contributed by atoms with Gasteiger partial charge in [0.05, 0.1) is 12.7 Å². The number of ether oxygens (including phenoxy) is 2. The van der Waals surface area contributed by atoms with Crippen molar-refractivity contribution < 1.29 is 9.47 Å². The maximum absolute atomic E-state index is 6.02. The molecule has 0 saturated carbocycles. The summed E-state index contributed by atoms with van der Waals surface area (Å²) in [7, 11) is 1.82. The maximum Gasteiger partial charge on any atom is 0.191 e. The molecule has 0 radical (unpaired) electrons. The van der Waals surface area contributed by atoms with E-state index in [-0.39, 0.29) is 24.0 Å². The lowest BCUT2D eigenvalue weighted by molar-refractivity contribution is -0.0390. The van der Waals surface area contributed by atoms with Gasteiger partial charge in [-0.2, -0.15) is 0 Å². The van der Waals surface area contributed by atoms with Crippen molar-refractivity contribution in [3.05, 3.63) is 35.4 Å².